The fraction of sp³-hybridized carbons (Fsp3) is 0. The van der Waals surface area contributed by atoms with Gasteiger partial charge in [0.05, 0.1) is 12.1 Å². The summed E-state index contributed by atoms with van der Waals surface area (Å²) in [5.41, 5.74) is 0.0595. The molecule has 12 rings (SSSR count). The molecular weight excluding hydrogens is 1050 g/mol. The van der Waals surface area contributed by atoms with Crippen molar-refractivity contribution >= 4 is 96.4 Å². The van der Waals surface area contributed by atoms with E-state index in [0.29, 0.717) is 34.4 Å². The Morgan fingerprint density at radius 3 is 0.838 bits per heavy atom. The van der Waals surface area contributed by atoms with Crippen LogP contribution in [0.15, 0.2) is 231 Å². The molecule has 0 spiro atoms. The van der Waals surface area contributed by atoms with Crippen molar-refractivity contribution in [3.05, 3.63) is 242 Å². The Morgan fingerprint density at radius 1 is 0.325 bits per heavy atom. The highest BCUT2D eigenvalue weighted by Gasteiger charge is 2.31. The van der Waals surface area contributed by atoms with Crippen LogP contribution in [0, 0.1) is 0 Å². The Bertz CT molecular complexity index is 4110. The smallest absolute Gasteiger partial charge is 0.296 e. The number of ether oxygens (including phenoxy) is 4. The molecule has 0 atom stereocenters. The molecule has 2 heterocycles. The summed E-state index contributed by atoms with van der Waals surface area (Å²) in [6.45, 7) is 0. The average Bonchev–Trinajstić information content (AvgIpc) is 3.45. The second-order valence-corrected chi connectivity index (χ2v) is 20.8. The minimum absolute atomic E-state index is 0.0200. The molecule has 10 aromatic carbocycles. The summed E-state index contributed by atoms with van der Waals surface area (Å²) in [5, 5.41) is 13.3. The van der Waals surface area contributed by atoms with Crippen molar-refractivity contribution in [3.63, 3.8) is 0 Å². The average molecular weight is 1100 g/mol. The fourth-order valence-corrected chi connectivity index (χ4v) is 11.4. The van der Waals surface area contributed by atoms with Gasteiger partial charge in [-0.15, -0.1) is 0 Å². The van der Waals surface area contributed by atoms with Crippen molar-refractivity contribution in [3.8, 4) is 46.5 Å². The SMILES string of the molecule is O=S(=O)(O)C(=C(c1ccc(Nc2nc(Oc3cccc4ccccc34)cc(Oc3cccc4ccccc34)n2)cc1)S(=O)(=O)O)c1ccc(Nc2nc(Oc3cccc4ccccc34)cc(Oc3cccc4ccccc34)n2)cc1. The van der Waals surface area contributed by atoms with E-state index in [2.05, 4.69) is 30.6 Å². The van der Waals surface area contributed by atoms with Crippen LogP contribution in [0.5, 0.6) is 46.5 Å². The lowest BCUT2D eigenvalue weighted by Gasteiger charge is -2.15. The predicted molar refractivity (Wildman–Crippen MR) is 310 cm³/mol. The van der Waals surface area contributed by atoms with E-state index in [1.165, 1.54) is 48.5 Å². The van der Waals surface area contributed by atoms with Crippen LogP contribution in [0.25, 0.3) is 52.9 Å². The predicted octanol–water partition coefficient (Wildman–Crippen LogP) is 15.1. The second kappa shape index (κ2) is 21.3. The Balaban J connectivity index is 0.851. The van der Waals surface area contributed by atoms with Gasteiger partial charge in [0.15, 0.2) is 0 Å². The molecule has 392 valence electrons. The summed E-state index contributed by atoms with van der Waals surface area (Å²) in [4.78, 5) is 16.3. The number of anilines is 4. The van der Waals surface area contributed by atoms with Gasteiger partial charge in [0.2, 0.25) is 35.4 Å². The zero-order valence-electron chi connectivity index (χ0n) is 41.7. The van der Waals surface area contributed by atoms with E-state index in [1.54, 1.807) is 12.1 Å². The maximum absolute atomic E-state index is 13.3. The number of fused-ring (bicyclic) bond motifs is 4. The first-order valence-corrected chi connectivity index (χ1v) is 27.6. The largest absolute Gasteiger partial charge is 0.438 e. The van der Waals surface area contributed by atoms with Crippen LogP contribution < -0.4 is 29.6 Å². The normalized spacial score (nSPS) is 12.0. The Labute approximate surface area is 457 Å². The van der Waals surface area contributed by atoms with Crippen molar-refractivity contribution in [2.75, 3.05) is 10.6 Å². The molecular formula is C62H42N6O10S2. The van der Waals surface area contributed by atoms with Crippen molar-refractivity contribution in [1.29, 1.82) is 0 Å². The monoisotopic (exact) mass is 1090 g/mol. The second-order valence-electron chi connectivity index (χ2n) is 18.1. The number of rotatable bonds is 16. The number of nitrogens with zero attached hydrogens (tertiary/aromatic N) is 4. The van der Waals surface area contributed by atoms with E-state index in [1.807, 2.05) is 170 Å². The van der Waals surface area contributed by atoms with Crippen LogP contribution in [0.1, 0.15) is 11.1 Å². The molecule has 0 bridgehead atoms. The third-order valence-electron chi connectivity index (χ3n) is 12.7. The molecule has 0 aliphatic carbocycles. The minimum atomic E-state index is -5.37. The summed E-state index contributed by atoms with van der Waals surface area (Å²) in [6.07, 6.45) is 0. The van der Waals surface area contributed by atoms with Gasteiger partial charge in [-0.1, -0.05) is 170 Å². The summed E-state index contributed by atoms with van der Waals surface area (Å²) < 4.78 is 100. The zero-order valence-corrected chi connectivity index (χ0v) is 43.3. The summed E-state index contributed by atoms with van der Waals surface area (Å²) >= 11 is 0. The zero-order chi connectivity index (χ0) is 54.8. The molecule has 0 aliphatic heterocycles. The molecule has 18 heteroatoms. The van der Waals surface area contributed by atoms with Crippen LogP contribution in [0.3, 0.4) is 0 Å². The maximum Gasteiger partial charge on any atom is 0.296 e. The third kappa shape index (κ3) is 11.0. The first-order chi connectivity index (χ1) is 38.8. The molecule has 0 radical (unpaired) electrons. The molecule has 4 N–H and O–H groups in total. The van der Waals surface area contributed by atoms with E-state index < -0.39 is 30.0 Å². The van der Waals surface area contributed by atoms with Gasteiger partial charge in [-0.3, -0.25) is 9.11 Å². The lowest BCUT2D eigenvalue weighted by Crippen LogP contribution is -2.11. The quantitative estimate of drug-likeness (QED) is 0.0522. The van der Waals surface area contributed by atoms with Gasteiger partial charge < -0.3 is 29.6 Å². The van der Waals surface area contributed by atoms with E-state index in [-0.39, 0.29) is 46.5 Å². The van der Waals surface area contributed by atoms with Gasteiger partial charge in [-0.2, -0.15) is 36.8 Å². The first-order valence-electron chi connectivity index (χ1n) is 24.7. The highest BCUT2D eigenvalue weighted by Crippen LogP contribution is 2.39. The minimum Gasteiger partial charge on any atom is -0.438 e. The van der Waals surface area contributed by atoms with E-state index in [0.717, 1.165) is 43.1 Å². The molecule has 0 unspecified atom stereocenters. The van der Waals surface area contributed by atoms with Crippen LogP contribution in [-0.4, -0.2) is 45.9 Å². The number of nitrogens with one attached hydrogen (secondary N) is 2. The van der Waals surface area contributed by atoms with E-state index in [4.69, 9.17) is 18.9 Å². The molecule has 0 fully saturated rings. The lowest BCUT2D eigenvalue weighted by atomic mass is 10.1. The van der Waals surface area contributed by atoms with Crippen molar-refractivity contribution < 1.29 is 44.9 Å². The Kier molecular flexibility index (Phi) is 13.5. The summed E-state index contributed by atoms with van der Waals surface area (Å²) in [7, 11) is -10.7. The molecule has 16 nitrogen and oxygen atoms in total. The molecule has 2 aromatic heterocycles. The number of benzene rings is 10. The Morgan fingerprint density at radius 2 is 0.575 bits per heavy atom. The first kappa shape index (κ1) is 50.6. The number of hydrogen-bond donors (Lipinski definition) is 4. The third-order valence-corrected chi connectivity index (χ3v) is 14.8. The van der Waals surface area contributed by atoms with Gasteiger partial charge >= 0.3 is 0 Å². The van der Waals surface area contributed by atoms with E-state index in [9.17, 15) is 25.9 Å². The van der Waals surface area contributed by atoms with Gasteiger partial charge in [-0.25, -0.2) is 0 Å². The van der Waals surface area contributed by atoms with Crippen LogP contribution in [-0.2, 0) is 20.2 Å². The molecule has 12 aromatic rings. The highest BCUT2D eigenvalue weighted by atomic mass is 32.2. The molecule has 80 heavy (non-hydrogen) atoms. The topological polar surface area (TPSA) is 221 Å². The van der Waals surface area contributed by atoms with Gasteiger partial charge in [-0.05, 0) is 81.2 Å². The molecule has 0 aliphatic rings. The summed E-state index contributed by atoms with van der Waals surface area (Å²) in [6, 6.07) is 67.2. The van der Waals surface area contributed by atoms with Gasteiger partial charge in [0, 0.05) is 32.9 Å². The van der Waals surface area contributed by atoms with Crippen LogP contribution >= 0.6 is 0 Å². The van der Waals surface area contributed by atoms with Gasteiger partial charge in [0.25, 0.3) is 20.2 Å². The van der Waals surface area contributed by atoms with Crippen molar-refractivity contribution in [1.82, 2.24) is 19.9 Å². The highest BCUT2D eigenvalue weighted by molar-refractivity contribution is 8.01. The Hall–Kier alpha value is -10.2. The van der Waals surface area contributed by atoms with Gasteiger partial charge in [0.1, 0.15) is 32.8 Å². The van der Waals surface area contributed by atoms with Crippen molar-refractivity contribution in [2.24, 2.45) is 0 Å². The fourth-order valence-electron chi connectivity index (χ4n) is 9.18. The standard InChI is InChI=1S/C62H42N6O10S2/c69-79(70,71)59(43-29-33-45(34-30-43)63-61-65-55(75-51-25-9-17-39-13-1-5-21-47(39)51)37-56(66-61)76-52-26-10-18-40-14-2-6-22-48(40)52)60(80(72,73)74)44-31-35-46(36-32-44)64-62-67-57(77-53-27-11-19-41-15-3-7-23-49(41)53)38-58(68-62)78-54-28-12-20-42-16-4-8-24-50(42)54/h1-38H,(H,63,65,66)(H,64,67,68)(H,69,70,71)(H,72,73,74). The molecule has 0 saturated carbocycles. The molecule has 0 saturated heterocycles. The number of hydrogen-bond acceptors (Lipinski definition) is 14. The number of aromatic nitrogens is 4. The maximum atomic E-state index is 13.3. The van der Waals surface area contributed by atoms with Crippen molar-refractivity contribution in [2.45, 2.75) is 0 Å². The molecule has 0 amide bonds. The van der Waals surface area contributed by atoms with Crippen LogP contribution in [0.2, 0.25) is 0 Å². The summed E-state index contributed by atoms with van der Waals surface area (Å²) in [5.74, 6) is 2.66. The van der Waals surface area contributed by atoms with E-state index >= 15 is 0 Å². The van der Waals surface area contributed by atoms with Crippen LogP contribution in [0.4, 0.5) is 23.3 Å². The lowest BCUT2D eigenvalue weighted by molar-refractivity contribution is 0.439.